The number of carbonyl (C=O) groups is 1. The van der Waals surface area contributed by atoms with Gasteiger partial charge in [-0.3, -0.25) is 4.98 Å². The number of benzene rings is 1. The van der Waals surface area contributed by atoms with E-state index in [0.717, 1.165) is 5.56 Å². The molecule has 2 N–H and O–H groups in total. The Morgan fingerprint density at radius 1 is 1.39 bits per heavy atom. The number of rotatable bonds is 2. The van der Waals surface area contributed by atoms with Crippen molar-refractivity contribution in [2.24, 2.45) is 0 Å². The monoisotopic (exact) mass is 246 g/mol. The van der Waals surface area contributed by atoms with Crippen LogP contribution in [0.5, 0.6) is 0 Å². The molecule has 0 aliphatic rings. The van der Waals surface area contributed by atoms with Crippen molar-refractivity contribution in [1.29, 1.82) is 0 Å². The van der Waals surface area contributed by atoms with Crippen LogP contribution >= 0.6 is 0 Å². The minimum atomic E-state index is -1.63. The Hall–Kier alpha value is -1.99. The van der Waals surface area contributed by atoms with E-state index >= 15 is 0 Å². The molecule has 0 saturated heterocycles. The molecule has 0 radical (unpaired) electrons. The number of aromatic nitrogens is 2. The molecule has 1 aromatic heterocycles. The Kier molecular flexibility index (Phi) is 3.27. The third-order valence-corrected chi connectivity index (χ3v) is 2.49. The molecule has 1 heterocycles. The first-order valence-electron chi connectivity index (χ1n) is 5.24. The highest BCUT2D eigenvalue weighted by atomic mass is 16.5. The molecule has 7 heteroatoms. The van der Waals surface area contributed by atoms with Crippen LogP contribution in [0.4, 0.5) is 0 Å². The molecule has 0 spiro atoms. The topological polar surface area (TPSA) is 92.5 Å². The summed E-state index contributed by atoms with van der Waals surface area (Å²) < 4.78 is 4.55. The first-order valence-corrected chi connectivity index (χ1v) is 5.24. The van der Waals surface area contributed by atoms with Crippen LogP contribution in [-0.2, 0) is 4.74 Å². The van der Waals surface area contributed by atoms with Gasteiger partial charge in [0.25, 0.3) is 0 Å². The minimum absolute atomic E-state index is 0.0778. The van der Waals surface area contributed by atoms with E-state index in [1.54, 1.807) is 19.1 Å². The van der Waals surface area contributed by atoms with Crippen LogP contribution in [-0.4, -0.2) is 40.2 Å². The second-order valence-electron chi connectivity index (χ2n) is 3.84. The third kappa shape index (κ3) is 2.18. The van der Waals surface area contributed by atoms with Crippen molar-refractivity contribution < 1.29 is 19.6 Å². The van der Waals surface area contributed by atoms with Crippen molar-refractivity contribution in [3.63, 3.8) is 0 Å². The van der Waals surface area contributed by atoms with Gasteiger partial charge in [0.1, 0.15) is 0 Å². The van der Waals surface area contributed by atoms with Crippen LogP contribution in [0.25, 0.3) is 11.0 Å². The van der Waals surface area contributed by atoms with Crippen LogP contribution in [0, 0.1) is 6.92 Å². The number of carbonyl (C=O) groups excluding carboxylic acids is 1. The molecule has 6 nitrogen and oxygen atoms in total. The maximum atomic E-state index is 11.3. The largest absolute Gasteiger partial charge is 0.490 e. The molecule has 0 aliphatic carbocycles. The maximum Gasteiger partial charge on any atom is 0.490 e. The first-order chi connectivity index (χ1) is 8.52. The molecule has 2 aromatic rings. The van der Waals surface area contributed by atoms with Crippen molar-refractivity contribution in [2.45, 2.75) is 6.92 Å². The smallest absolute Gasteiger partial charge is 0.464 e. The van der Waals surface area contributed by atoms with Crippen LogP contribution in [0.2, 0.25) is 0 Å². The van der Waals surface area contributed by atoms with Gasteiger partial charge in [-0.1, -0.05) is 6.07 Å². The summed E-state index contributed by atoms with van der Waals surface area (Å²) in [6.07, 6.45) is 1.25. The third-order valence-electron chi connectivity index (χ3n) is 2.49. The lowest BCUT2D eigenvalue weighted by molar-refractivity contribution is 0.0594. The van der Waals surface area contributed by atoms with E-state index in [0.29, 0.717) is 11.0 Å². The van der Waals surface area contributed by atoms with Crippen molar-refractivity contribution >= 4 is 29.6 Å². The highest BCUT2D eigenvalue weighted by molar-refractivity contribution is 6.61. The van der Waals surface area contributed by atoms with E-state index in [4.69, 9.17) is 0 Å². The fourth-order valence-electron chi connectivity index (χ4n) is 1.70. The molecule has 92 valence electrons. The summed E-state index contributed by atoms with van der Waals surface area (Å²) >= 11 is 0. The van der Waals surface area contributed by atoms with Gasteiger partial charge in [-0.15, -0.1) is 0 Å². The van der Waals surface area contributed by atoms with E-state index < -0.39 is 13.1 Å². The standard InChI is InChI=1S/C11H11BN2O4/c1-6-3-7(12(16)17)10-8(4-6)14-9(5-13-10)11(15)18-2/h3-5,16-17H,1-2H3. The Labute approximate surface area is 103 Å². The molecular weight excluding hydrogens is 235 g/mol. The van der Waals surface area contributed by atoms with E-state index in [1.165, 1.54) is 13.3 Å². The van der Waals surface area contributed by atoms with Gasteiger partial charge in [-0.05, 0) is 18.6 Å². The molecule has 0 fully saturated rings. The number of hydrogen-bond donors (Lipinski definition) is 2. The summed E-state index contributed by atoms with van der Waals surface area (Å²) in [4.78, 5) is 19.5. The summed E-state index contributed by atoms with van der Waals surface area (Å²) in [5.41, 5.74) is 1.90. The summed E-state index contributed by atoms with van der Waals surface area (Å²) in [5.74, 6) is -0.586. The van der Waals surface area contributed by atoms with Crippen LogP contribution in [0.3, 0.4) is 0 Å². The van der Waals surface area contributed by atoms with Gasteiger partial charge in [0.2, 0.25) is 0 Å². The highest BCUT2D eigenvalue weighted by Crippen LogP contribution is 2.11. The molecular formula is C11H11BN2O4. The Balaban J connectivity index is 2.67. The molecule has 1 aromatic carbocycles. The number of methoxy groups -OCH3 is 1. The fraction of sp³-hybridized carbons (Fsp3) is 0.182. The van der Waals surface area contributed by atoms with E-state index in [9.17, 15) is 14.8 Å². The maximum absolute atomic E-state index is 11.3. The zero-order chi connectivity index (χ0) is 13.3. The minimum Gasteiger partial charge on any atom is -0.464 e. The Morgan fingerprint density at radius 2 is 2.11 bits per heavy atom. The van der Waals surface area contributed by atoms with Gasteiger partial charge in [-0.2, -0.15) is 0 Å². The average molecular weight is 246 g/mol. The number of nitrogens with zero attached hydrogens (tertiary/aromatic N) is 2. The van der Waals surface area contributed by atoms with Crippen molar-refractivity contribution in [1.82, 2.24) is 9.97 Å². The number of ether oxygens (including phenoxy) is 1. The summed E-state index contributed by atoms with van der Waals surface area (Å²) in [6, 6.07) is 3.32. The van der Waals surface area contributed by atoms with Crippen LogP contribution in [0.1, 0.15) is 16.1 Å². The lowest BCUT2D eigenvalue weighted by atomic mass is 9.78. The fourth-order valence-corrected chi connectivity index (χ4v) is 1.70. The molecule has 0 bridgehead atoms. The summed E-state index contributed by atoms with van der Waals surface area (Å²) in [6.45, 7) is 1.79. The predicted octanol–water partition coefficient (Wildman–Crippen LogP) is -0.595. The van der Waals surface area contributed by atoms with Gasteiger partial charge >= 0.3 is 13.1 Å². The van der Waals surface area contributed by atoms with Crippen LogP contribution in [0.15, 0.2) is 18.3 Å². The second-order valence-corrected chi connectivity index (χ2v) is 3.84. The molecule has 2 rings (SSSR count). The lowest BCUT2D eigenvalue weighted by Gasteiger charge is -2.07. The number of esters is 1. The van der Waals surface area contributed by atoms with Gasteiger partial charge < -0.3 is 14.8 Å². The van der Waals surface area contributed by atoms with E-state index in [-0.39, 0.29) is 11.2 Å². The Morgan fingerprint density at radius 3 is 2.72 bits per heavy atom. The molecule has 0 unspecified atom stereocenters. The van der Waals surface area contributed by atoms with Gasteiger partial charge in [0, 0.05) is 5.46 Å². The predicted molar refractivity (Wildman–Crippen MR) is 65.4 cm³/mol. The Bertz CT molecular complexity index is 615. The first kappa shape index (κ1) is 12.5. The van der Waals surface area contributed by atoms with Crippen molar-refractivity contribution in [3.05, 3.63) is 29.6 Å². The summed E-state index contributed by atoms with van der Waals surface area (Å²) in [7, 11) is -0.376. The van der Waals surface area contributed by atoms with E-state index in [1.807, 2.05) is 0 Å². The van der Waals surface area contributed by atoms with Crippen molar-refractivity contribution in [3.8, 4) is 0 Å². The van der Waals surface area contributed by atoms with Gasteiger partial charge in [-0.25, -0.2) is 9.78 Å². The quantitative estimate of drug-likeness (QED) is 0.543. The SMILES string of the molecule is COC(=O)c1cnc2c(B(O)O)cc(C)cc2n1. The molecule has 0 saturated carbocycles. The zero-order valence-electron chi connectivity index (χ0n) is 9.91. The molecule has 18 heavy (non-hydrogen) atoms. The zero-order valence-corrected chi connectivity index (χ0v) is 9.91. The molecule has 0 amide bonds. The molecule has 0 atom stereocenters. The lowest BCUT2D eigenvalue weighted by Crippen LogP contribution is -2.31. The van der Waals surface area contributed by atoms with Gasteiger partial charge in [0.05, 0.1) is 24.3 Å². The van der Waals surface area contributed by atoms with Gasteiger partial charge in [0.15, 0.2) is 5.69 Å². The molecule has 0 aliphatic heterocycles. The summed E-state index contributed by atoms with van der Waals surface area (Å²) in [5, 5.41) is 18.5. The second kappa shape index (κ2) is 4.71. The van der Waals surface area contributed by atoms with Crippen molar-refractivity contribution in [2.75, 3.05) is 7.11 Å². The average Bonchev–Trinajstić information content (AvgIpc) is 2.35. The normalized spacial score (nSPS) is 10.4. The number of fused-ring (bicyclic) bond motifs is 1. The highest BCUT2D eigenvalue weighted by Gasteiger charge is 2.18. The number of aryl methyl sites for hydroxylation is 1. The van der Waals surface area contributed by atoms with Crippen LogP contribution < -0.4 is 5.46 Å². The number of hydrogen-bond acceptors (Lipinski definition) is 6. The van der Waals surface area contributed by atoms with E-state index in [2.05, 4.69) is 14.7 Å².